The van der Waals surface area contributed by atoms with Crippen LogP contribution in [0.2, 0.25) is 5.02 Å². The number of halogens is 1. The van der Waals surface area contributed by atoms with E-state index in [9.17, 15) is 9.59 Å². The molecule has 2 heterocycles. The van der Waals surface area contributed by atoms with Crippen LogP contribution in [0.5, 0.6) is 5.75 Å². The summed E-state index contributed by atoms with van der Waals surface area (Å²) in [6, 6.07) is 8.42. The Morgan fingerprint density at radius 2 is 2.18 bits per heavy atom. The van der Waals surface area contributed by atoms with Gasteiger partial charge < -0.3 is 15.0 Å². The fraction of sp³-hybridized carbons (Fsp3) is 0.429. The molecule has 0 spiro atoms. The van der Waals surface area contributed by atoms with Crippen LogP contribution in [0.3, 0.4) is 0 Å². The molecule has 7 heteroatoms. The number of carbonyl (C=O) groups is 2. The average molecular weight is 421 g/mol. The molecule has 28 heavy (non-hydrogen) atoms. The van der Waals surface area contributed by atoms with Gasteiger partial charge in [0, 0.05) is 23.8 Å². The van der Waals surface area contributed by atoms with Crippen LogP contribution in [0.25, 0.3) is 10.4 Å². The number of nitrogens with one attached hydrogen (secondary N) is 1. The molecule has 150 valence electrons. The normalized spacial score (nSPS) is 19.2. The number of carbonyl (C=O) groups excluding carboxylic acids is 2. The van der Waals surface area contributed by atoms with E-state index in [-0.39, 0.29) is 17.9 Å². The maximum absolute atomic E-state index is 11.4. The number of thiophene rings is 1. The van der Waals surface area contributed by atoms with Crippen LogP contribution in [-0.2, 0) is 4.79 Å². The Hall–Kier alpha value is -1.89. The maximum Gasteiger partial charge on any atom is 0.163 e. The molecule has 1 aromatic carbocycles. The first-order chi connectivity index (χ1) is 13.4. The van der Waals surface area contributed by atoms with Crippen molar-refractivity contribution in [2.24, 2.45) is 0 Å². The third kappa shape index (κ3) is 4.40. The molecule has 0 amide bonds. The third-order valence-corrected chi connectivity index (χ3v) is 6.94. The highest BCUT2D eigenvalue weighted by Gasteiger charge is 2.32. The van der Waals surface area contributed by atoms with Gasteiger partial charge in [-0.1, -0.05) is 23.7 Å². The molecular formula is C21H25ClN2O3S. The smallest absolute Gasteiger partial charge is 0.163 e. The Kier molecular flexibility index (Phi) is 6.43. The van der Waals surface area contributed by atoms with Crippen LogP contribution in [0, 0.1) is 0 Å². The molecule has 2 aromatic rings. The van der Waals surface area contributed by atoms with Crippen molar-refractivity contribution in [2.45, 2.75) is 38.3 Å². The molecule has 1 aliphatic rings. The molecule has 0 aliphatic carbocycles. The lowest BCUT2D eigenvalue weighted by molar-refractivity contribution is -0.109. The van der Waals surface area contributed by atoms with Gasteiger partial charge in [0.15, 0.2) is 18.3 Å². The second-order valence-corrected chi connectivity index (χ2v) is 9.11. The minimum Gasteiger partial charge on any atom is -0.483 e. The van der Waals surface area contributed by atoms with E-state index in [2.05, 4.69) is 31.1 Å². The second-order valence-electron chi connectivity index (χ2n) is 7.68. The summed E-state index contributed by atoms with van der Waals surface area (Å²) in [6.07, 6.45) is 3.49. The topological polar surface area (TPSA) is 58.6 Å². The fourth-order valence-electron chi connectivity index (χ4n) is 3.55. The fourth-order valence-corrected chi connectivity index (χ4v) is 4.94. The summed E-state index contributed by atoms with van der Waals surface area (Å²) in [6.45, 7) is 5.46. The SMILES string of the molecule is CN1CCC(Nc2cccc(-c3sc(C=O)c(OCC=O)c3Cl)c2)CC1(C)C. The molecule has 1 N–H and O–H groups in total. The first kappa shape index (κ1) is 20.8. The number of piperidine rings is 1. The molecule has 1 aliphatic heterocycles. The van der Waals surface area contributed by atoms with E-state index < -0.39 is 0 Å². The first-order valence-corrected chi connectivity index (χ1v) is 10.5. The highest BCUT2D eigenvalue weighted by Crippen LogP contribution is 2.45. The molecule has 1 unspecified atom stereocenters. The predicted molar refractivity (Wildman–Crippen MR) is 115 cm³/mol. The van der Waals surface area contributed by atoms with Gasteiger partial charge >= 0.3 is 0 Å². The summed E-state index contributed by atoms with van der Waals surface area (Å²) in [5.74, 6) is 0.277. The van der Waals surface area contributed by atoms with Gasteiger partial charge in [-0.05, 0) is 51.4 Å². The zero-order valence-corrected chi connectivity index (χ0v) is 17.9. The molecule has 3 rings (SSSR count). The molecule has 0 radical (unpaired) electrons. The molecule has 5 nitrogen and oxygen atoms in total. The molecule has 1 fully saturated rings. The molecule has 0 saturated carbocycles. The average Bonchev–Trinajstić information content (AvgIpc) is 2.98. The summed E-state index contributed by atoms with van der Waals surface area (Å²) in [5, 5.41) is 4.01. The summed E-state index contributed by atoms with van der Waals surface area (Å²) >= 11 is 7.73. The number of hydrogen-bond donors (Lipinski definition) is 1. The number of hydrogen-bond acceptors (Lipinski definition) is 6. The zero-order valence-electron chi connectivity index (χ0n) is 16.3. The predicted octanol–water partition coefficient (Wildman–Crippen LogP) is 4.74. The van der Waals surface area contributed by atoms with Gasteiger partial charge in [0.2, 0.25) is 0 Å². The van der Waals surface area contributed by atoms with Crippen LogP contribution < -0.4 is 10.1 Å². The van der Waals surface area contributed by atoms with E-state index in [0.717, 1.165) is 35.5 Å². The van der Waals surface area contributed by atoms with Crippen LogP contribution in [0.4, 0.5) is 5.69 Å². The van der Waals surface area contributed by atoms with Gasteiger partial charge in [-0.2, -0.15) is 0 Å². The van der Waals surface area contributed by atoms with Crippen molar-refractivity contribution < 1.29 is 14.3 Å². The summed E-state index contributed by atoms with van der Waals surface area (Å²) < 4.78 is 5.35. The second kappa shape index (κ2) is 8.64. The number of anilines is 1. The number of aldehydes is 2. The third-order valence-electron chi connectivity index (χ3n) is 5.33. The van der Waals surface area contributed by atoms with Gasteiger partial charge in [-0.15, -0.1) is 11.3 Å². The number of rotatable bonds is 7. The van der Waals surface area contributed by atoms with Crippen molar-refractivity contribution in [2.75, 3.05) is 25.5 Å². The Morgan fingerprint density at radius 1 is 1.39 bits per heavy atom. The van der Waals surface area contributed by atoms with Crippen LogP contribution >= 0.6 is 22.9 Å². The Bertz CT molecular complexity index is 865. The standard InChI is InChI=1S/C21H25ClN2O3S/c1-21(2)12-16(7-8-24(21)3)23-15-6-4-5-14(11-15)20-18(22)19(27-10-9-25)17(13-26)28-20/h4-6,9,11,13,16,23H,7-8,10,12H2,1-3H3. The largest absolute Gasteiger partial charge is 0.483 e. The molecule has 0 bridgehead atoms. The zero-order chi connectivity index (χ0) is 20.3. The number of benzene rings is 1. The monoisotopic (exact) mass is 420 g/mol. The van der Waals surface area contributed by atoms with Crippen molar-refractivity contribution in [3.05, 3.63) is 34.2 Å². The van der Waals surface area contributed by atoms with Gasteiger partial charge in [-0.25, -0.2) is 0 Å². The van der Waals surface area contributed by atoms with Crippen LogP contribution in [0.15, 0.2) is 24.3 Å². The minimum atomic E-state index is -0.135. The lowest BCUT2D eigenvalue weighted by atomic mass is 9.87. The van der Waals surface area contributed by atoms with Crippen molar-refractivity contribution in [3.63, 3.8) is 0 Å². The van der Waals surface area contributed by atoms with Gasteiger partial charge in [-0.3, -0.25) is 9.59 Å². The highest BCUT2D eigenvalue weighted by molar-refractivity contribution is 7.18. The van der Waals surface area contributed by atoms with Crippen molar-refractivity contribution in [1.82, 2.24) is 4.90 Å². The van der Waals surface area contributed by atoms with Crippen LogP contribution in [0.1, 0.15) is 36.4 Å². The lowest BCUT2D eigenvalue weighted by Gasteiger charge is -2.44. The number of likely N-dealkylation sites (tertiary alicyclic amines) is 1. The van der Waals surface area contributed by atoms with Crippen molar-refractivity contribution in [3.8, 4) is 16.2 Å². The summed E-state index contributed by atoms with van der Waals surface area (Å²) in [5.41, 5.74) is 2.10. The quantitative estimate of drug-likeness (QED) is 0.655. The van der Waals surface area contributed by atoms with Gasteiger partial charge in [0.05, 0.1) is 4.88 Å². The highest BCUT2D eigenvalue weighted by atomic mass is 35.5. The van der Waals surface area contributed by atoms with Crippen molar-refractivity contribution >= 4 is 41.2 Å². The van der Waals surface area contributed by atoms with E-state index in [1.807, 2.05) is 24.3 Å². The van der Waals surface area contributed by atoms with E-state index in [0.29, 0.717) is 28.5 Å². The van der Waals surface area contributed by atoms with E-state index in [1.54, 1.807) is 0 Å². The minimum absolute atomic E-state index is 0.135. The number of ether oxygens (including phenoxy) is 1. The Morgan fingerprint density at radius 3 is 2.86 bits per heavy atom. The van der Waals surface area contributed by atoms with E-state index in [4.69, 9.17) is 16.3 Å². The Balaban J connectivity index is 1.83. The first-order valence-electron chi connectivity index (χ1n) is 9.28. The summed E-state index contributed by atoms with van der Waals surface area (Å²) in [7, 11) is 2.17. The molecular weight excluding hydrogens is 396 g/mol. The van der Waals surface area contributed by atoms with Gasteiger partial charge in [0.25, 0.3) is 0 Å². The maximum atomic E-state index is 11.4. The van der Waals surface area contributed by atoms with E-state index in [1.165, 1.54) is 11.3 Å². The Labute approximate surface area is 174 Å². The summed E-state index contributed by atoms with van der Waals surface area (Å²) in [4.78, 5) is 25.5. The lowest BCUT2D eigenvalue weighted by Crippen LogP contribution is -2.50. The molecule has 1 aromatic heterocycles. The number of nitrogens with zero attached hydrogens (tertiary/aromatic N) is 1. The van der Waals surface area contributed by atoms with E-state index >= 15 is 0 Å². The van der Waals surface area contributed by atoms with Gasteiger partial charge in [0.1, 0.15) is 16.5 Å². The van der Waals surface area contributed by atoms with Crippen LogP contribution in [-0.4, -0.2) is 49.3 Å². The molecule has 1 atom stereocenters. The van der Waals surface area contributed by atoms with Crippen molar-refractivity contribution in [1.29, 1.82) is 0 Å². The molecule has 1 saturated heterocycles.